The van der Waals surface area contributed by atoms with E-state index in [1.807, 2.05) is 12.1 Å². The lowest BCUT2D eigenvalue weighted by Gasteiger charge is -2.29. The van der Waals surface area contributed by atoms with Crippen molar-refractivity contribution < 1.29 is 9.84 Å². The lowest BCUT2D eigenvalue weighted by atomic mass is 9.91. The van der Waals surface area contributed by atoms with E-state index in [-0.39, 0.29) is 6.10 Å². The maximum absolute atomic E-state index is 10.7. The highest BCUT2D eigenvalue weighted by molar-refractivity contribution is 5.87. The lowest BCUT2D eigenvalue weighted by Crippen LogP contribution is -2.27. The van der Waals surface area contributed by atoms with E-state index in [0.29, 0.717) is 0 Å². The zero-order valence-electron chi connectivity index (χ0n) is 11.3. The Morgan fingerprint density at radius 1 is 1.16 bits per heavy atom. The molecule has 19 heavy (non-hydrogen) atoms. The second kappa shape index (κ2) is 5.32. The molecule has 100 valence electrons. The van der Waals surface area contributed by atoms with Gasteiger partial charge in [-0.2, -0.15) is 0 Å². The number of benzene rings is 2. The fraction of sp³-hybridized carbons (Fsp3) is 0.412. The smallest absolute Gasteiger partial charge is 0.106 e. The number of rotatable bonds is 2. The first-order chi connectivity index (χ1) is 9.27. The molecule has 2 unspecified atom stereocenters. The fourth-order valence-corrected chi connectivity index (χ4v) is 3.00. The highest BCUT2D eigenvalue weighted by Crippen LogP contribution is 2.33. The van der Waals surface area contributed by atoms with E-state index >= 15 is 0 Å². The van der Waals surface area contributed by atoms with Crippen molar-refractivity contribution in [3.05, 3.63) is 47.5 Å². The predicted molar refractivity (Wildman–Crippen MR) is 77.2 cm³/mol. The molecule has 2 aromatic carbocycles. The standard InChI is InChI=1S/C17H20O2/c1-12-9-10-13-6-2-3-7-14(13)16(12)17(18)15-8-4-5-11-19-15/h2-3,6-7,9-10,15,17-18H,4-5,8,11H2,1H3. The van der Waals surface area contributed by atoms with Gasteiger partial charge in [0.25, 0.3) is 0 Å². The molecule has 3 rings (SSSR count). The van der Waals surface area contributed by atoms with E-state index in [1.165, 1.54) is 5.39 Å². The van der Waals surface area contributed by atoms with Crippen molar-refractivity contribution in [1.82, 2.24) is 0 Å². The van der Waals surface area contributed by atoms with Crippen LogP contribution in [0.4, 0.5) is 0 Å². The van der Waals surface area contributed by atoms with Gasteiger partial charge in [0.15, 0.2) is 0 Å². The fourth-order valence-electron chi connectivity index (χ4n) is 3.00. The molecule has 2 aromatic rings. The van der Waals surface area contributed by atoms with E-state index in [1.54, 1.807) is 0 Å². The summed E-state index contributed by atoms with van der Waals surface area (Å²) in [5, 5.41) is 13.0. The van der Waals surface area contributed by atoms with Crippen LogP contribution in [0.25, 0.3) is 10.8 Å². The predicted octanol–water partition coefficient (Wildman–Crippen LogP) is 3.75. The normalized spacial score (nSPS) is 21.5. The van der Waals surface area contributed by atoms with Gasteiger partial charge in [-0.25, -0.2) is 0 Å². The van der Waals surface area contributed by atoms with E-state index in [4.69, 9.17) is 4.74 Å². The number of hydrogen-bond donors (Lipinski definition) is 1. The monoisotopic (exact) mass is 256 g/mol. The van der Waals surface area contributed by atoms with Crippen LogP contribution in [-0.4, -0.2) is 17.8 Å². The summed E-state index contributed by atoms with van der Waals surface area (Å²) in [4.78, 5) is 0. The molecule has 0 aliphatic carbocycles. The summed E-state index contributed by atoms with van der Waals surface area (Å²) in [5.41, 5.74) is 2.17. The molecular formula is C17H20O2. The third-order valence-electron chi connectivity index (χ3n) is 4.05. The Kier molecular flexibility index (Phi) is 3.54. The SMILES string of the molecule is Cc1ccc2ccccc2c1C(O)C1CCCCO1. The maximum atomic E-state index is 10.7. The van der Waals surface area contributed by atoms with Crippen LogP contribution >= 0.6 is 0 Å². The lowest BCUT2D eigenvalue weighted by molar-refractivity contribution is -0.0630. The van der Waals surface area contributed by atoms with Crippen molar-refractivity contribution in [3.8, 4) is 0 Å². The Hall–Kier alpha value is -1.38. The molecule has 1 N–H and O–H groups in total. The first-order valence-electron chi connectivity index (χ1n) is 7.05. The molecule has 1 fully saturated rings. The zero-order chi connectivity index (χ0) is 13.2. The Morgan fingerprint density at radius 2 is 2.00 bits per heavy atom. The average molecular weight is 256 g/mol. The van der Waals surface area contributed by atoms with Crippen molar-refractivity contribution in [2.24, 2.45) is 0 Å². The second-order valence-corrected chi connectivity index (χ2v) is 5.37. The number of aliphatic hydroxyl groups excluding tert-OH is 1. The van der Waals surface area contributed by atoms with Gasteiger partial charge in [-0.1, -0.05) is 36.4 Å². The third-order valence-corrected chi connectivity index (χ3v) is 4.05. The second-order valence-electron chi connectivity index (χ2n) is 5.37. The van der Waals surface area contributed by atoms with Gasteiger partial charge < -0.3 is 9.84 Å². The molecule has 1 saturated heterocycles. The quantitative estimate of drug-likeness (QED) is 0.886. The average Bonchev–Trinajstić information content (AvgIpc) is 2.47. The van der Waals surface area contributed by atoms with Gasteiger partial charge in [0.1, 0.15) is 6.10 Å². The minimum Gasteiger partial charge on any atom is -0.386 e. The molecule has 0 bridgehead atoms. The molecular weight excluding hydrogens is 236 g/mol. The Morgan fingerprint density at radius 3 is 2.79 bits per heavy atom. The minimum absolute atomic E-state index is 0.0572. The summed E-state index contributed by atoms with van der Waals surface area (Å²) < 4.78 is 5.75. The number of fused-ring (bicyclic) bond motifs is 1. The molecule has 2 heteroatoms. The van der Waals surface area contributed by atoms with E-state index < -0.39 is 6.10 Å². The van der Waals surface area contributed by atoms with Gasteiger partial charge in [0, 0.05) is 6.61 Å². The number of aliphatic hydroxyl groups is 1. The largest absolute Gasteiger partial charge is 0.386 e. The van der Waals surface area contributed by atoms with Crippen molar-refractivity contribution in [2.75, 3.05) is 6.61 Å². The van der Waals surface area contributed by atoms with E-state index in [0.717, 1.165) is 42.4 Å². The molecule has 0 saturated carbocycles. The van der Waals surface area contributed by atoms with Crippen molar-refractivity contribution in [1.29, 1.82) is 0 Å². The van der Waals surface area contributed by atoms with Crippen LogP contribution in [0.3, 0.4) is 0 Å². The summed E-state index contributed by atoms with van der Waals surface area (Å²) in [7, 11) is 0. The molecule has 1 heterocycles. The minimum atomic E-state index is -0.522. The molecule has 0 radical (unpaired) electrons. The Labute approximate surface area is 114 Å². The maximum Gasteiger partial charge on any atom is 0.106 e. The van der Waals surface area contributed by atoms with Gasteiger partial charge in [-0.05, 0) is 48.1 Å². The molecule has 2 nitrogen and oxygen atoms in total. The summed E-state index contributed by atoms with van der Waals surface area (Å²) >= 11 is 0. The van der Waals surface area contributed by atoms with E-state index in [9.17, 15) is 5.11 Å². The van der Waals surface area contributed by atoms with Crippen LogP contribution in [0.15, 0.2) is 36.4 Å². The Bertz CT molecular complexity index is 570. The van der Waals surface area contributed by atoms with Crippen LogP contribution < -0.4 is 0 Å². The highest BCUT2D eigenvalue weighted by atomic mass is 16.5. The van der Waals surface area contributed by atoms with Crippen LogP contribution in [0.1, 0.15) is 36.5 Å². The molecule has 2 atom stereocenters. The summed E-state index contributed by atoms with van der Waals surface area (Å²) in [6.07, 6.45) is 2.62. The van der Waals surface area contributed by atoms with Crippen LogP contribution in [0.5, 0.6) is 0 Å². The molecule has 0 spiro atoms. The number of aryl methyl sites for hydroxylation is 1. The van der Waals surface area contributed by atoms with Gasteiger partial charge >= 0.3 is 0 Å². The van der Waals surface area contributed by atoms with Gasteiger partial charge in [0.2, 0.25) is 0 Å². The molecule has 0 amide bonds. The highest BCUT2D eigenvalue weighted by Gasteiger charge is 2.26. The van der Waals surface area contributed by atoms with Gasteiger partial charge in [-0.15, -0.1) is 0 Å². The van der Waals surface area contributed by atoms with Crippen molar-refractivity contribution in [3.63, 3.8) is 0 Å². The van der Waals surface area contributed by atoms with Crippen LogP contribution in [-0.2, 0) is 4.74 Å². The molecule has 1 aliphatic rings. The van der Waals surface area contributed by atoms with Crippen molar-refractivity contribution >= 4 is 10.8 Å². The number of ether oxygens (including phenoxy) is 1. The topological polar surface area (TPSA) is 29.5 Å². The van der Waals surface area contributed by atoms with Crippen LogP contribution in [0.2, 0.25) is 0 Å². The molecule has 0 aromatic heterocycles. The summed E-state index contributed by atoms with van der Waals surface area (Å²) in [6.45, 7) is 2.83. The van der Waals surface area contributed by atoms with Crippen LogP contribution in [0, 0.1) is 6.92 Å². The van der Waals surface area contributed by atoms with Gasteiger partial charge in [0.05, 0.1) is 6.10 Å². The first kappa shape index (κ1) is 12.6. The third kappa shape index (κ3) is 2.38. The summed E-state index contributed by atoms with van der Waals surface area (Å²) in [5.74, 6) is 0. The number of hydrogen-bond acceptors (Lipinski definition) is 2. The van der Waals surface area contributed by atoms with Gasteiger partial charge in [-0.3, -0.25) is 0 Å². The van der Waals surface area contributed by atoms with E-state index in [2.05, 4.69) is 31.2 Å². The first-order valence-corrected chi connectivity index (χ1v) is 7.05. The van der Waals surface area contributed by atoms with Crippen molar-refractivity contribution in [2.45, 2.75) is 38.4 Å². The molecule has 1 aliphatic heterocycles. The summed E-state index contributed by atoms with van der Waals surface area (Å²) in [6, 6.07) is 12.4. The Balaban J connectivity index is 2.05. The zero-order valence-corrected chi connectivity index (χ0v) is 11.3.